The van der Waals surface area contributed by atoms with E-state index in [-0.39, 0.29) is 11.0 Å². The Bertz CT molecular complexity index is 300. The van der Waals surface area contributed by atoms with Gasteiger partial charge in [0, 0.05) is 25.1 Å². The van der Waals surface area contributed by atoms with E-state index in [0.29, 0.717) is 0 Å². The van der Waals surface area contributed by atoms with Crippen LogP contribution in [0.5, 0.6) is 0 Å². The van der Waals surface area contributed by atoms with E-state index < -0.39 is 0 Å². The van der Waals surface area contributed by atoms with Crippen molar-refractivity contribution in [3.05, 3.63) is 37.0 Å². The van der Waals surface area contributed by atoms with E-state index in [9.17, 15) is 4.79 Å². The number of thioether (sulfide) groups is 1. The lowest BCUT2D eigenvalue weighted by Gasteiger charge is -2.09. The van der Waals surface area contributed by atoms with Crippen LogP contribution in [0.4, 0.5) is 0 Å². The maximum Gasteiger partial charge on any atom is 0.185 e. The van der Waals surface area contributed by atoms with Crippen LogP contribution in [0.1, 0.15) is 31.2 Å². The predicted molar refractivity (Wildman–Crippen MR) is 63.7 cm³/mol. The number of nitrogens with zero attached hydrogens (tertiary/aromatic N) is 1. The predicted octanol–water partition coefficient (Wildman–Crippen LogP) is 2.94. The monoisotopic (exact) mass is 221 g/mol. The minimum atomic E-state index is 0.0336. The van der Waals surface area contributed by atoms with Gasteiger partial charge in [-0.15, -0.1) is 0 Å². The van der Waals surface area contributed by atoms with E-state index in [1.165, 1.54) is 11.8 Å². The minimum absolute atomic E-state index is 0.0336. The van der Waals surface area contributed by atoms with Crippen LogP contribution >= 0.6 is 11.8 Å². The van der Waals surface area contributed by atoms with E-state index in [4.69, 9.17) is 6.92 Å². The van der Waals surface area contributed by atoms with Crippen molar-refractivity contribution in [2.45, 2.75) is 25.7 Å². The second-order valence-electron chi connectivity index (χ2n) is 3.38. The molecule has 0 aliphatic heterocycles. The molecule has 3 heteroatoms. The van der Waals surface area contributed by atoms with Gasteiger partial charge in [-0.1, -0.05) is 17.8 Å². The summed E-state index contributed by atoms with van der Waals surface area (Å²) in [7, 11) is 0. The Morgan fingerprint density at radius 2 is 2.47 bits per heavy atom. The van der Waals surface area contributed by atoms with Gasteiger partial charge >= 0.3 is 0 Å². The maximum atomic E-state index is 10.7. The molecule has 0 aromatic carbocycles. The quantitative estimate of drug-likeness (QED) is 0.716. The van der Waals surface area contributed by atoms with Crippen molar-refractivity contribution in [2.24, 2.45) is 0 Å². The maximum absolute atomic E-state index is 10.7. The molecule has 0 spiro atoms. The van der Waals surface area contributed by atoms with Crippen LogP contribution in [-0.4, -0.2) is 15.9 Å². The highest BCUT2D eigenvalue weighted by Crippen LogP contribution is 2.20. The zero-order valence-electron chi connectivity index (χ0n) is 8.85. The average Bonchev–Trinajstić information content (AvgIpc) is 2.25. The van der Waals surface area contributed by atoms with Gasteiger partial charge in [-0.25, -0.2) is 0 Å². The second-order valence-corrected chi connectivity index (χ2v) is 4.65. The lowest BCUT2D eigenvalue weighted by molar-refractivity contribution is -0.109. The Labute approximate surface area is 95.5 Å². The number of hydrogen-bond acceptors (Lipinski definition) is 3. The molecule has 1 aromatic rings. The molecule has 0 aliphatic rings. The zero-order valence-corrected chi connectivity index (χ0v) is 9.67. The Balaban J connectivity index is 2.25. The molecule has 1 atom stereocenters. The van der Waals surface area contributed by atoms with Crippen LogP contribution in [0.2, 0.25) is 0 Å². The van der Waals surface area contributed by atoms with Crippen molar-refractivity contribution < 1.29 is 4.79 Å². The SMILES string of the molecule is [CH]C(CCCSC(C)=O)c1cccnc1. The molecule has 15 heavy (non-hydrogen) atoms. The minimum Gasteiger partial charge on any atom is -0.288 e. The number of pyridine rings is 1. The van der Waals surface area contributed by atoms with Gasteiger partial charge in [0.25, 0.3) is 0 Å². The fourth-order valence-corrected chi connectivity index (χ4v) is 1.88. The van der Waals surface area contributed by atoms with Gasteiger partial charge < -0.3 is 0 Å². The first-order valence-corrected chi connectivity index (χ1v) is 5.97. The van der Waals surface area contributed by atoms with Crippen LogP contribution in [0.25, 0.3) is 0 Å². The van der Waals surface area contributed by atoms with Crippen molar-refractivity contribution in [2.75, 3.05) is 5.75 Å². The summed E-state index contributed by atoms with van der Waals surface area (Å²) < 4.78 is 0. The van der Waals surface area contributed by atoms with Crippen LogP contribution in [0.15, 0.2) is 24.5 Å². The van der Waals surface area contributed by atoms with Crippen molar-refractivity contribution in [1.82, 2.24) is 4.98 Å². The number of rotatable bonds is 5. The van der Waals surface area contributed by atoms with Gasteiger partial charge in [0.1, 0.15) is 0 Å². The number of hydrogen-bond donors (Lipinski definition) is 0. The summed E-state index contributed by atoms with van der Waals surface area (Å²) in [5.41, 5.74) is 1.06. The summed E-state index contributed by atoms with van der Waals surface area (Å²) in [5, 5.41) is 0.171. The van der Waals surface area contributed by atoms with E-state index in [2.05, 4.69) is 4.98 Å². The number of carbonyl (C=O) groups excluding carboxylic acids is 1. The molecule has 0 fully saturated rings. The lowest BCUT2D eigenvalue weighted by Crippen LogP contribution is -1.96. The molecule has 80 valence electrons. The lowest BCUT2D eigenvalue weighted by atomic mass is 9.98. The van der Waals surface area contributed by atoms with Gasteiger partial charge in [-0.05, 0) is 37.3 Å². The van der Waals surface area contributed by atoms with Crippen LogP contribution in [-0.2, 0) is 4.79 Å². The molecule has 0 bridgehead atoms. The van der Waals surface area contributed by atoms with E-state index in [0.717, 1.165) is 24.2 Å². The third kappa shape index (κ3) is 4.98. The highest BCUT2D eigenvalue weighted by molar-refractivity contribution is 8.13. The molecule has 1 aromatic heterocycles. The first kappa shape index (κ1) is 12.2. The van der Waals surface area contributed by atoms with Crippen molar-refractivity contribution in [1.29, 1.82) is 0 Å². The molecule has 0 amide bonds. The Morgan fingerprint density at radius 1 is 1.67 bits per heavy atom. The zero-order chi connectivity index (χ0) is 11.1. The van der Waals surface area contributed by atoms with Gasteiger partial charge in [-0.3, -0.25) is 9.78 Å². The van der Waals surface area contributed by atoms with Gasteiger partial charge in [0.05, 0.1) is 0 Å². The first-order valence-electron chi connectivity index (χ1n) is 4.99. The van der Waals surface area contributed by atoms with Gasteiger partial charge in [0.2, 0.25) is 0 Å². The molecular weight excluding hydrogens is 206 g/mol. The summed E-state index contributed by atoms with van der Waals surface area (Å²) in [6.45, 7) is 7.57. The second kappa shape index (κ2) is 6.62. The largest absolute Gasteiger partial charge is 0.288 e. The summed E-state index contributed by atoms with van der Waals surface area (Å²) >= 11 is 1.36. The van der Waals surface area contributed by atoms with Crippen LogP contribution < -0.4 is 0 Å². The van der Waals surface area contributed by atoms with Crippen LogP contribution in [0.3, 0.4) is 0 Å². The smallest absolute Gasteiger partial charge is 0.185 e. The topological polar surface area (TPSA) is 30.0 Å². The van der Waals surface area contributed by atoms with E-state index >= 15 is 0 Å². The highest BCUT2D eigenvalue weighted by atomic mass is 32.2. The summed E-state index contributed by atoms with van der Waals surface area (Å²) in [6.07, 6.45) is 5.39. The Kier molecular flexibility index (Phi) is 5.40. The Morgan fingerprint density at radius 3 is 3.07 bits per heavy atom. The third-order valence-electron chi connectivity index (χ3n) is 2.08. The van der Waals surface area contributed by atoms with E-state index in [1.807, 2.05) is 12.1 Å². The number of carbonyl (C=O) groups is 1. The fourth-order valence-electron chi connectivity index (χ4n) is 1.28. The summed E-state index contributed by atoms with van der Waals surface area (Å²) in [4.78, 5) is 14.7. The standard InChI is InChI=1S/C12H15NOS/c1-10(5-4-8-15-11(2)14)12-6-3-7-13-9-12/h1,3,6-7,9-10H,4-5,8H2,2H3. The third-order valence-corrected chi connectivity index (χ3v) is 2.98. The van der Waals surface area contributed by atoms with E-state index in [1.54, 1.807) is 19.3 Å². The summed E-state index contributed by atoms with van der Waals surface area (Å²) in [6, 6.07) is 3.87. The van der Waals surface area contributed by atoms with Gasteiger partial charge in [0.15, 0.2) is 5.12 Å². The van der Waals surface area contributed by atoms with Crippen LogP contribution in [0, 0.1) is 6.92 Å². The molecule has 1 heterocycles. The average molecular weight is 221 g/mol. The normalized spacial score (nSPS) is 12.4. The Hall–Kier alpha value is -0.830. The first-order chi connectivity index (χ1) is 7.20. The van der Waals surface area contributed by atoms with Gasteiger partial charge in [-0.2, -0.15) is 0 Å². The molecule has 2 nitrogen and oxygen atoms in total. The molecule has 0 saturated heterocycles. The molecule has 1 unspecified atom stereocenters. The molecule has 2 radical (unpaired) electrons. The van der Waals surface area contributed by atoms with Crippen molar-refractivity contribution >= 4 is 16.9 Å². The molecular formula is C12H15NOS. The van der Waals surface area contributed by atoms with Crippen molar-refractivity contribution in [3.8, 4) is 0 Å². The summed E-state index contributed by atoms with van der Waals surface area (Å²) in [5.74, 6) is 0.884. The fraction of sp³-hybridized carbons (Fsp3) is 0.417. The molecule has 0 aliphatic carbocycles. The molecule has 0 saturated carbocycles. The van der Waals surface area contributed by atoms with Crippen molar-refractivity contribution in [3.63, 3.8) is 0 Å². The highest BCUT2D eigenvalue weighted by Gasteiger charge is 2.05. The number of aromatic nitrogens is 1. The molecule has 1 rings (SSSR count). The molecule has 0 N–H and O–H groups in total.